The molecule has 0 fully saturated rings. The normalized spacial score (nSPS) is 8.07. The van der Waals surface area contributed by atoms with E-state index in [1.807, 2.05) is 6.07 Å². The smallest absolute Gasteiger partial charge is 0.00746 e. The molecule has 1 aromatic carbocycles. The molecule has 0 aliphatic rings. The van der Waals surface area contributed by atoms with Crippen LogP contribution in [0.15, 0.2) is 30.3 Å². The minimum atomic E-state index is 0. The van der Waals surface area contributed by atoms with E-state index in [4.69, 9.17) is 5.73 Å². The summed E-state index contributed by atoms with van der Waals surface area (Å²) in [5, 5.41) is 3.26. The van der Waals surface area contributed by atoms with E-state index >= 15 is 0 Å². The van der Waals surface area contributed by atoms with Crippen LogP contribution in [-0.4, -0.2) is 19.6 Å². The van der Waals surface area contributed by atoms with Crippen molar-refractivity contribution in [2.24, 2.45) is 5.73 Å². The fourth-order valence-corrected chi connectivity index (χ4v) is 1.10. The lowest BCUT2D eigenvalue weighted by Gasteiger charge is -2.02. The third kappa shape index (κ3) is 10.3. The molecule has 1 rings (SSSR count). The van der Waals surface area contributed by atoms with Gasteiger partial charge in [-0.15, -0.1) is 37.2 Å². The Morgan fingerprint density at radius 1 is 0.933 bits per heavy atom. The molecule has 0 aliphatic carbocycles. The van der Waals surface area contributed by atoms with Gasteiger partial charge in [-0.3, -0.25) is 0 Å². The Kier molecular flexibility index (Phi) is 19.1. The SMILES string of the molecule is Cl.Cl.Cl.NCCNCCc1ccccc1. The average molecular weight is 274 g/mol. The predicted octanol–water partition coefficient (Wildman–Crippen LogP) is 2.04. The van der Waals surface area contributed by atoms with Gasteiger partial charge in [-0.1, -0.05) is 30.3 Å². The van der Waals surface area contributed by atoms with E-state index in [1.165, 1.54) is 5.56 Å². The van der Waals surface area contributed by atoms with Crippen molar-refractivity contribution < 1.29 is 0 Å². The number of rotatable bonds is 5. The number of nitrogens with one attached hydrogen (secondary N) is 1. The van der Waals surface area contributed by atoms with Gasteiger partial charge in [0.15, 0.2) is 0 Å². The minimum absolute atomic E-state index is 0. The molecule has 0 radical (unpaired) electrons. The molecule has 2 nitrogen and oxygen atoms in total. The van der Waals surface area contributed by atoms with Crippen LogP contribution >= 0.6 is 37.2 Å². The highest BCUT2D eigenvalue weighted by molar-refractivity contribution is 5.86. The standard InChI is InChI=1S/C10H16N2.3ClH/c11-7-9-12-8-6-10-4-2-1-3-5-10;;;/h1-5,12H,6-9,11H2;3*1H. The molecule has 15 heavy (non-hydrogen) atoms. The van der Waals surface area contributed by atoms with E-state index in [1.54, 1.807) is 0 Å². The van der Waals surface area contributed by atoms with Crippen molar-refractivity contribution in [3.63, 3.8) is 0 Å². The van der Waals surface area contributed by atoms with Crippen LogP contribution in [-0.2, 0) is 6.42 Å². The lowest BCUT2D eigenvalue weighted by Crippen LogP contribution is -2.24. The van der Waals surface area contributed by atoms with Crippen LogP contribution in [0, 0.1) is 0 Å². The lowest BCUT2D eigenvalue weighted by molar-refractivity contribution is 0.689. The quantitative estimate of drug-likeness (QED) is 0.806. The van der Waals surface area contributed by atoms with Crippen LogP contribution in [0.2, 0.25) is 0 Å². The van der Waals surface area contributed by atoms with Crippen LogP contribution in [0.25, 0.3) is 0 Å². The summed E-state index contributed by atoms with van der Waals surface area (Å²) in [6.45, 7) is 2.64. The summed E-state index contributed by atoms with van der Waals surface area (Å²) in [5.74, 6) is 0. The molecule has 0 saturated carbocycles. The highest BCUT2D eigenvalue weighted by atomic mass is 35.5. The summed E-state index contributed by atoms with van der Waals surface area (Å²) < 4.78 is 0. The summed E-state index contributed by atoms with van der Waals surface area (Å²) in [7, 11) is 0. The summed E-state index contributed by atoms with van der Waals surface area (Å²) in [4.78, 5) is 0. The Hall–Kier alpha value is 0.01000. The second-order valence-corrected chi connectivity index (χ2v) is 2.77. The molecule has 0 aromatic heterocycles. The molecule has 1 aromatic rings. The van der Waals surface area contributed by atoms with Crippen molar-refractivity contribution >= 4 is 37.2 Å². The molecule has 0 amide bonds. The molecule has 0 spiro atoms. The van der Waals surface area contributed by atoms with Crippen LogP contribution in [0.3, 0.4) is 0 Å². The first kappa shape index (κ1) is 20.4. The minimum Gasteiger partial charge on any atom is -0.329 e. The maximum Gasteiger partial charge on any atom is 0.00746 e. The topological polar surface area (TPSA) is 38.0 Å². The second kappa shape index (κ2) is 14.0. The van der Waals surface area contributed by atoms with E-state index in [0.717, 1.165) is 26.1 Å². The first-order valence-corrected chi connectivity index (χ1v) is 4.38. The van der Waals surface area contributed by atoms with Gasteiger partial charge in [-0.2, -0.15) is 0 Å². The fourth-order valence-electron chi connectivity index (χ4n) is 1.10. The predicted molar refractivity (Wildman–Crippen MR) is 73.8 cm³/mol. The largest absolute Gasteiger partial charge is 0.329 e. The van der Waals surface area contributed by atoms with E-state index < -0.39 is 0 Å². The van der Waals surface area contributed by atoms with Crippen LogP contribution in [0.5, 0.6) is 0 Å². The average Bonchev–Trinajstić information content (AvgIpc) is 2.14. The van der Waals surface area contributed by atoms with E-state index in [9.17, 15) is 0 Å². The molecule has 0 unspecified atom stereocenters. The molecular formula is C10H19Cl3N2. The Bertz CT molecular complexity index is 207. The molecule has 3 N–H and O–H groups in total. The first-order valence-electron chi connectivity index (χ1n) is 4.38. The van der Waals surface area contributed by atoms with Gasteiger partial charge in [0, 0.05) is 13.1 Å². The molecule has 5 heteroatoms. The third-order valence-corrected chi connectivity index (χ3v) is 1.75. The summed E-state index contributed by atoms with van der Waals surface area (Å²) in [6.07, 6.45) is 1.08. The number of hydrogen-bond donors (Lipinski definition) is 2. The van der Waals surface area contributed by atoms with Gasteiger partial charge in [0.05, 0.1) is 0 Å². The Labute approximate surface area is 110 Å². The highest BCUT2D eigenvalue weighted by Crippen LogP contribution is 1.97. The molecule has 0 bridgehead atoms. The molecule has 90 valence electrons. The number of nitrogens with two attached hydrogens (primary N) is 1. The molecule has 0 atom stereocenters. The van der Waals surface area contributed by atoms with Gasteiger partial charge in [0.25, 0.3) is 0 Å². The van der Waals surface area contributed by atoms with Crippen LogP contribution in [0.1, 0.15) is 5.56 Å². The van der Waals surface area contributed by atoms with E-state index in [2.05, 4.69) is 29.6 Å². The Morgan fingerprint density at radius 2 is 1.53 bits per heavy atom. The third-order valence-electron chi connectivity index (χ3n) is 1.75. The van der Waals surface area contributed by atoms with Crippen molar-refractivity contribution in [1.82, 2.24) is 5.32 Å². The van der Waals surface area contributed by atoms with Crippen molar-refractivity contribution in [2.75, 3.05) is 19.6 Å². The van der Waals surface area contributed by atoms with Crippen molar-refractivity contribution in [3.8, 4) is 0 Å². The first-order chi connectivity index (χ1) is 5.93. The fraction of sp³-hybridized carbons (Fsp3) is 0.400. The van der Waals surface area contributed by atoms with Crippen molar-refractivity contribution in [2.45, 2.75) is 6.42 Å². The van der Waals surface area contributed by atoms with Gasteiger partial charge < -0.3 is 11.1 Å². The lowest BCUT2D eigenvalue weighted by atomic mass is 10.1. The number of halogens is 3. The van der Waals surface area contributed by atoms with E-state index in [-0.39, 0.29) is 37.2 Å². The van der Waals surface area contributed by atoms with Crippen molar-refractivity contribution in [1.29, 1.82) is 0 Å². The molecule has 0 saturated heterocycles. The maximum atomic E-state index is 5.35. The molecule has 0 heterocycles. The molecular weight excluding hydrogens is 254 g/mol. The monoisotopic (exact) mass is 272 g/mol. The number of hydrogen-bond acceptors (Lipinski definition) is 2. The van der Waals surface area contributed by atoms with Gasteiger partial charge in [-0.05, 0) is 18.5 Å². The van der Waals surface area contributed by atoms with Gasteiger partial charge in [0.2, 0.25) is 0 Å². The second-order valence-electron chi connectivity index (χ2n) is 2.77. The summed E-state index contributed by atoms with van der Waals surface area (Å²) in [5.41, 5.74) is 6.72. The zero-order chi connectivity index (χ0) is 8.65. The molecule has 0 aliphatic heterocycles. The number of benzene rings is 1. The maximum absolute atomic E-state index is 5.35. The van der Waals surface area contributed by atoms with Gasteiger partial charge in [-0.25, -0.2) is 0 Å². The highest BCUT2D eigenvalue weighted by Gasteiger charge is 1.89. The van der Waals surface area contributed by atoms with Crippen LogP contribution in [0.4, 0.5) is 0 Å². The van der Waals surface area contributed by atoms with Gasteiger partial charge in [0.1, 0.15) is 0 Å². The Morgan fingerprint density at radius 3 is 2.07 bits per heavy atom. The van der Waals surface area contributed by atoms with Crippen LogP contribution < -0.4 is 11.1 Å². The summed E-state index contributed by atoms with van der Waals surface area (Å²) in [6, 6.07) is 10.5. The van der Waals surface area contributed by atoms with Gasteiger partial charge >= 0.3 is 0 Å². The summed E-state index contributed by atoms with van der Waals surface area (Å²) >= 11 is 0. The zero-order valence-corrected chi connectivity index (χ0v) is 11.0. The van der Waals surface area contributed by atoms with E-state index in [0.29, 0.717) is 0 Å². The zero-order valence-electron chi connectivity index (χ0n) is 8.52. The Balaban J connectivity index is -0.000000480. The van der Waals surface area contributed by atoms with Crippen molar-refractivity contribution in [3.05, 3.63) is 35.9 Å².